The largest absolute Gasteiger partial charge is 0.497 e. The molecule has 2 amide bonds. The van der Waals surface area contributed by atoms with Crippen LogP contribution in [0.1, 0.15) is 23.5 Å². The van der Waals surface area contributed by atoms with Crippen LogP contribution in [0.3, 0.4) is 0 Å². The van der Waals surface area contributed by atoms with Crippen molar-refractivity contribution in [3.05, 3.63) is 75.0 Å². The number of benzene rings is 2. The number of thioether (sulfide) groups is 1. The molecule has 2 aromatic carbocycles. The van der Waals surface area contributed by atoms with Gasteiger partial charge in [-0.3, -0.25) is 14.4 Å². The average molecular weight is 471 g/mol. The van der Waals surface area contributed by atoms with Gasteiger partial charge in [0.1, 0.15) is 11.6 Å². The molecule has 3 aromatic rings. The second-order valence-electron chi connectivity index (χ2n) is 7.07. The molecule has 1 aliphatic rings. The van der Waals surface area contributed by atoms with Gasteiger partial charge in [-0.1, -0.05) is 41.6 Å². The fourth-order valence-corrected chi connectivity index (χ4v) is 4.25. The van der Waals surface area contributed by atoms with Crippen molar-refractivity contribution >= 4 is 46.7 Å². The first-order valence-electron chi connectivity index (χ1n) is 9.69. The highest BCUT2D eigenvalue weighted by atomic mass is 35.5. The highest BCUT2D eigenvalue weighted by molar-refractivity contribution is 7.98. The van der Waals surface area contributed by atoms with E-state index in [1.165, 1.54) is 18.9 Å². The normalized spacial score (nSPS) is 14.9. The molecule has 0 bridgehead atoms. The molecule has 32 heavy (non-hydrogen) atoms. The summed E-state index contributed by atoms with van der Waals surface area (Å²) in [5.74, 6) is -0.581. The number of hydrogen-bond donors (Lipinski definition) is 3. The number of rotatable bonds is 6. The maximum absolute atomic E-state index is 12.9. The Morgan fingerprint density at radius 3 is 2.78 bits per heavy atom. The van der Waals surface area contributed by atoms with Crippen molar-refractivity contribution in [2.45, 2.75) is 23.2 Å². The second kappa shape index (κ2) is 9.46. The van der Waals surface area contributed by atoms with Gasteiger partial charge in [0.25, 0.3) is 5.56 Å². The van der Waals surface area contributed by atoms with Crippen molar-refractivity contribution in [3.63, 3.8) is 0 Å². The first kappa shape index (κ1) is 21.9. The molecule has 1 atom stereocenters. The van der Waals surface area contributed by atoms with Gasteiger partial charge in [0.05, 0.1) is 18.6 Å². The summed E-state index contributed by atoms with van der Waals surface area (Å²) in [6.07, 6.45) is -0.148. The number of halogens is 1. The Morgan fingerprint density at radius 2 is 2.03 bits per heavy atom. The average Bonchev–Trinajstić information content (AvgIpc) is 2.78. The number of hydrogen-bond acceptors (Lipinski definition) is 6. The Kier molecular flexibility index (Phi) is 6.48. The minimum Gasteiger partial charge on any atom is -0.497 e. The maximum Gasteiger partial charge on any atom is 0.257 e. The van der Waals surface area contributed by atoms with Gasteiger partial charge in [-0.05, 0) is 29.8 Å². The second-order valence-corrected chi connectivity index (χ2v) is 8.48. The zero-order valence-electron chi connectivity index (χ0n) is 17.0. The molecule has 0 saturated heterocycles. The van der Waals surface area contributed by atoms with E-state index in [0.717, 1.165) is 5.56 Å². The first-order valence-corrected chi connectivity index (χ1v) is 11.1. The van der Waals surface area contributed by atoms with Gasteiger partial charge >= 0.3 is 0 Å². The van der Waals surface area contributed by atoms with Crippen molar-refractivity contribution < 1.29 is 14.3 Å². The highest BCUT2D eigenvalue weighted by Gasteiger charge is 2.34. The van der Waals surface area contributed by atoms with Gasteiger partial charge in [0.2, 0.25) is 11.8 Å². The van der Waals surface area contributed by atoms with E-state index in [1.54, 1.807) is 36.4 Å². The lowest BCUT2D eigenvalue weighted by Crippen LogP contribution is -2.36. The third-order valence-electron chi connectivity index (χ3n) is 4.87. The van der Waals surface area contributed by atoms with E-state index in [0.29, 0.717) is 27.4 Å². The van der Waals surface area contributed by atoms with Crippen LogP contribution < -0.4 is 20.9 Å². The van der Waals surface area contributed by atoms with Gasteiger partial charge in [0, 0.05) is 29.0 Å². The molecule has 0 saturated carbocycles. The Balaban J connectivity index is 1.56. The number of nitrogens with one attached hydrogen (secondary N) is 3. The number of anilines is 2. The summed E-state index contributed by atoms with van der Waals surface area (Å²) in [7, 11) is 1.52. The molecular weight excluding hydrogens is 452 g/mol. The molecule has 164 valence electrons. The number of ether oxygens (including phenoxy) is 1. The summed E-state index contributed by atoms with van der Waals surface area (Å²) in [4.78, 5) is 45.1. The zero-order valence-corrected chi connectivity index (χ0v) is 18.5. The summed E-state index contributed by atoms with van der Waals surface area (Å²) >= 11 is 7.21. The molecule has 2 heterocycles. The molecule has 4 rings (SSSR count). The van der Waals surface area contributed by atoms with E-state index in [1.807, 2.05) is 12.1 Å². The fourth-order valence-electron chi connectivity index (χ4n) is 3.31. The van der Waals surface area contributed by atoms with Crippen LogP contribution in [0.4, 0.5) is 11.5 Å². The molecule has 1 unspecified atom stereocenters. The van der Waals surface area contributed by atoms with E-state index in [4.69, 9.17) is 16.3 Å². The standard InChI is InChI=1S/C22H19ClN4O4S/c1-31-15-4-2-3-14(9-15)24-20(29)16-10-17(28)25-19-18(16)21(30)27-22(26-19)32-11-12-5-7-13(23)8-6-12/h2-9,16H,10-11H2,1H3,(H,24,29)(H2,25,26,27,28,30). The Labute approximate surface area is 192 Å². The molecule has 0 radical (unpaired) electrons. The van der Waals surface area contributed by atoms with Crippen molar-refractivity contribution in [1.82, 2.24) is 9.97 Å². The number of H-pyrrole nitrogens is 1. The number of carbonyl (C=O) groups is 2. The maximum atomic E-state index is 12.9. The molecule has 1 aromatic heterocycles. The number of aromatic nitrogens is 2. The minimum absolute atomic E-state index is 0.106. The lowest BCUT2D eigenvalue weighted by Gasteiger charge is -2.23. The number of aromatic amines is 1. The van der Waals surface area contributed by atoms with Crippen LogP contribution in [-0.4, -0.2) is 28.9 Å². The highest BCUT2D eigenvalue weighted by Crippen LogP contribution is 2.31. The molecule has 0 aliphatic carbocycles. The number of amides is 2. The Morgan fingerprint density at radius 1 is 1.25 bits per heavy atom. The van der Waals surface area contributed by atoms with Crippen molar-refractivity contribution in [2.24, 2.45) is 0 Å². The number of carbonyl (C=O) groups excluding carboxylic acids is 2. The Hall–Kier alpha value is -3.30. The predicted octanol–water partition coefficient (Wildman–Crippen LogP) is 3.79. The molecule has 0 spiro atoms. The summed E-state index contributed by atoms with van der Waals surface area (Å²) in [6, 6.07) is 14.2. The lowest BCUT2D eigenvalue weighted by molar-refractivity contribution is -0.123. The van der Waals surface area contributed by atoms with Crippen LogP contribution in [0.5, 0.6) is 5.75 Å². The van der Waals surface area contributed by atoms with E-state index < -0.39 is 17.4 Å². The summed E-state index contributed by atoms with van der Waals surface area (Å²) in [6.45, 7) is 0. The Bertz CT molecular complexity index is 1230. The lowest BCUT2D eigenvalue weighted by atomic mass is 9.92. The van der Waals surface area contributed by atoms with E-state index >= 15 is 0 Å². The smallest absolute Gasteiger partial charge is 0.257 e. The third kappa shape index (κ3) is 4.95. The van der Waals surface area contributed by atoms with Crippen molar-refractivity contribution in [2.75, 3.05) is 17.7 Å². The minimum atomic E-state index is -0.962. The topological polar surface area (TPSA) is 113 Å². The molecule has 0 fully saturated rings. The van der Waals surface area contributed by atoms with Crippen molar-refractivity contribution in [3.8, 4) is 5.75 Å². The SMILES string of the molecule is COc1cccc(NC(=O)C2CC(=O)Nc3nc(SCc4ccc(Cl)cc4)[nH]c(=O)c32)c1. The quantitative estimate of drug-likeness (QED) is 0.373. The van der Waals surface area contributed by atoms with Gasteiger partial charge in [-0.2, -0.15) is 0 Å². The van der Waals surface area contributed by atoms with Gasteiger partial charge < -0.3 is 20.4 Å². The molecule has 8 nitrogen and oxygen atoms in total. The summed E-state index contributed by atoms with van der Waals surface area (Å²) in [5, 5.41) is 6.34. The molecule has 3 N–H and O–H groups in total. The van der Waals surface area contributed by atoms with E-state index in [2.05, 4.69) is 20.6 Å². The monoisotopic (exact) mass is 470 g/mol. The summed E-state index contributed by atoms with van der Waals surface area (Å²) in [5.41, 5.74) is 1.18. The van der Waals surface area contributed by atoms with Crippen LogP contribution in [0.2, 0.25) is 5.02 Å². The van der Waals surface area contributed by atoms with Crippen LogP contribution in [-0.2, 0) is 15.3 Å². The molecule has 1 aliphatic heterocycles. The van der Waals surface area contributed by atoms with Crippen LogP contribution in [0.25, 0.3) is 0 Å². The molecular formula is C22H19ClN4O4S. The fraction of sp³-hybridized carbons (Fsp3) is 0.182. The number of methoxy groups -OCH3 is 1. The zero-order chi connectivity index (χ0) is 22.7. The van der Waals surface area contributed by atoms with Crippen molar-refractivity contribution in [1.29, 1.82) is 0 Å². The predicted molar refractivity (Wildman–Crippen MR) is 123 cm³/mol. The van der Waals surface area contributed by atoms with Gasteiger partial charge in [-0.25, -0.2) is 4.98 Å². The van der Waals surface area contributed by atoms with Gasteiger partial charge in [-0.15, -0.1) is 0 Å². The number of fused-ring (bicyclic) bond motifs is 1. The van der Waals surface area contributed by atoms with Crippen LogP contribution in [0.15, 0.2) is 58.5 Å². The summed E-state index contributed by atoms with van der Waals surface area (Å²) < 4.78 is 5.16. The first-order chi connectivity index (χ1) is 15.4. The van der Waals surface area contributed by atoms with E-state index in [9.17, 15) is 14.4 Å². The van der Waals surface area contributed by atoms with E-state index in [-0.39, 0.29) is 23.7 Å². The third-order valence-corrected chi connectivity index (χ3v) is 6.07. The van der Waals surface area contributed by atoms with Gasteiger partial charge in [0.15, 0.2) is 5.16 Å². The molecule has 10 heteroatoms. The van der Waals surface area contributed by atoms with Crippen LogP contribution >= 0.6 is 23.4 Å². The number of nitrogens with zero attached hydrogens (tertiary/aromatic N) is 1. The van der Waals surface area contributed by atoms with Crippen LogP contribution in [0, 0.1) is 0 Å².